The van der Waals surface area contributed by atoms with Crippen molar-refractivity contribution in [2.75, 3.05) is 0 Å². The highest BCUT2D eigenvalue weighted by Crippen LogP contribution is 2.35. The minimum absolute atomic E-state index is 0.0319. The van der Waals surface area contributed by atoms with Crippen LogP contribution in [0.3, 0.4) is 0 Å². The minimum Gasteiger partial charge on any atom is -0.481 e. The highest BCUT2D eigenvalue weighted by molar-refractivity contribution is 5.80. The van der Waals surface area contributed by atoms with Crippen LogP contribution < -0.4 is 5.32 Å². The second-order valence-electron chi connectivity index (χ2n) is 7.10. The highest BCUT2D eigenvalue weighted by atomic mass is 16.4. The van der Waals surface area contributed by atoms with Crippen molar-refractivity contribution < 1.29 is 14.7 Å². The van der Waals surface area contributed by atoms with Gasteiger partial charge in [-0.15, -0.1) is 0 Å². The lowest BCUT2D eigenvalue weighted by molar-refractivity contribution is -0.144. The number of carbonyl (C=O) groups excluding carboxylic acids is 1. The van der Waals surface area contributed by atoms with Gasteiger partial charge in [0.15, 0.2) is 0 Å². The summed E-state index contributed by atoms with van der Waals surface area (Å²) < 4.78 is 0. The van der Waals surface area contributed by atoms with Gasteiger partial charge >= 0.3 is 5.97 Å². The highest BCUT2D eigenvalue weighted by Gasteiger charge is 2.34. The fraction of sp³-hybridized carbons (Fsp3) is 0.579. The summed E-state index contributed by atoms with van der Waals surface area (Å²) >= 11 is 0. The molecule has 124 valence electrons. The molecule has 4 heteroatoms. The first kappa shape index (κ1) is 16.0. The molecule has 0 saturated heterocycles. The molecule has 0 heterocycles. The van der Waals surface area contributed by atoms with Crippen LogP contribution in [0.5, 0.6) is 0 Å². The standard InChI is InChI=1S/C19H25NO3/c1-12-9-10-13-5-2-3-8-16(13)17(12)20-18(21)14-6-4-7-15(11-14)19(22)23/h2-3,5,8,12,14-15,17H,4,6-7,9-11H2,1H3,(H,20,21)(H,22,23). The number of hydrogen-bond acceptors (Lipinski definition) is 2. The fourth-order valence-electron chi connectivity index (χ4n) is 4.06. The predicted molar refractivity (Wildman–Crippen MR) is 87.9 cm³/mol. The maximum absolute atomic E-state index is 12.7. The van der Waals surface area contributed by atoms with Crippen LogP contribution in [0, 0.1) is 17.8 Å². The fourth-order valence-corrected chi connectivity index (χ4v) is 4.06. The second kappa shape index (κ2) is 6.73. The zero-order valence-corrected chi connectivity index (χ0v) is 13.6. The molecule has 2 aliphatic carbocycles. The van der Waals surface area contributed by atoms with Gasteiger partial charge in [-0.3, -0.25) is 9.59 Å². The third-order valence-corrected chi connectivity index (χ3v) is 5.52. The van der Waals surface area contributed by atoms with Gasteiger partial charge in [0.25, 0.3) is 0 Å². The van der Waals surface area contributed by atoms with Gasteiger partial charge in [0.05, 0.1) is 12.0 Å². The van der Waals surface area contributed by atoms with E-state index in [1.54, 1.807) is 0 Å². The Kier molecular flexibility index (Phi) is 4.69. The summed E-state index contributed by atoms with van der Waals surface area (Å²) in [6.45, 7) is 2.18. The average molecular weight is 315 g/mol. The SMILES string of the molecule is CC1CCc2ccccc2C1NC(=O)C1CCCC(C(=O)O)C1. The Morgan fingerprint density at radius 2 is 1.87 bits per heavy atom. The number of hydrogen-bond donors (Lipinski definition) is 2. The van der Waals surface area contributed by atoms with E-state index in [1.807, 2.05) is 12.1 Å². The van der Waals surface area contributed by atoms with E-state index < -0.39 is 5.97 Å². The van der Waals surface area contributed by atoms with Crippen LogP contribution in [0.1, 0.15) is 56.2 Å². The molecule has 1 aromatic rings. The summed E-state index contributed by atoms with van der Waals surface area (Å²) in [5.74, 6) is -0.849. The summed E-state index contributed by atoms with van der Waals surface area (Å²) in [4.78, 5) is 23.9. The van der Waals surface area contributed by atoms with Crippen LogP contribution >= 0.6 is 0 Å². The molecule has 0 spiro atoms. The van der Waals surface area contributed by atoms with Crippen LogP contribution in [0.25, 0.3) is 0 Å². The van der Waals surface area contributed by atoms with E-state index >= 15 is 0 Å². The smallest absolute Gasteiger partial charge is 0.306 e. The van der Waals surface area contributed by atoms with E-state index in [1.165, 1.54) is 11.1 Å². The average Bonchev–Trinajstić information content (AvgIpc) is 2.57. The van der Waals surface area contributed by atoms with E-state index in [-0.39, 0.29) is 23.8 Å². The number of aliphatic carboxylic acids is 1. The monoisotopic (exact) mass is 315 g/mol. The van der Waals surface area contributed by atoms with E-state index in [0.29, 0.717) is 18.8 Å². The van der Waals surface area contributed by atoms with Gasteiger partial charge in [-0.25, -0.2) is 0 Å². The molecule has 1 aromatic carbocycles. The van der Waals surface area contributed by atoms with Crippen molar-refractivity contribution in [3.8, 4) is 0 Å². The summed E-state index contributed by atoms with van der Waals surface area (Å²) in [5, 5.41) is 12.4. The van der Waals surface area contributed by atoms with Crippen molar-refractivity contribution in [1.82, 2.24) is 5.32 Å². The van der Waals surface area contributed by atoms with Gasteiger partial charge in [-0.1, -0.05) is 37.6 Å². The molecule has 23 heavy (non-hydrogen) atoms. The van der Waals surface area contributed by atoms with E-state index in [0.717, 1.165) is 25.7 Å². The summed E-state index contributed by atoms with van der Waals surface area (Å²) in [6, 6.07) is 8.37. The Hall–Kier alpha value is -1.84. The summed E-state index contributed by atoms with van der Waals surface area (Å²) in [6.07, 6.45) is 4.94. The van der Waals surface area contributed by atoms with Gasteiger partial charge in [0.2, 0.25) is 5.91 Å². The summed E-state index contributed by atoms with van der Waals surface area (Å²) in [5.41, 5.74) is 2.55. The van der Waals surface area contributed by atoms with E-state index in [4.69, 9.17) is 0 Å². The molecule has 4 unspecified atom stereocenters. The lowest BCUT2D eigenvalue weighted by Crippen LogP contribution is -2.40. The number of aryl methyl sites for hydroxylation is 1. The quantitative estimate of drug-likeness (QED) is 0.899. The number of amides is 1. The molecule has 1 amide bonds. The van der Waals surface area contributed by atoms with Crippen molar-refractivity contribution in [1.29, 1.82) is 0 Å². The number of carboxylic acids is 1. The molecule has 1 saturated carbocycles. The Bertz CT molecular complexity index is 598. The molecule has 4 nitrogen and oxygen atoms in total. The molecule has 0 aliphatic heterocycles. The van der Waals surface area contributed by atoms with Gasteiger partial charge in [0.1, 0.15) is 0 Å². The maximum atomic E-state index is 12.7. The number of carboxylic acid groups (broad SMARTS) is 1. The van der Waals surface area contributed by atoms with Crippen molar-refractivity contribution in [2.45, 2.75) is 51.5 Å². The summed E-state index contributed by atoms with van der Waals surface area (Å²) in [7, 11) is 0. The number of nitrogens with one attached hydrogen (secondary N) is 1. The molecule has 3 rings (SSSR count). The van der Waals surface area contributed by atoms with Crippen molar-refractivity contribution in [3.05, 3.63) is 35.4 Å². The van der Waals surface area contributed by atoms with Crippen LogP contribution in [-0.4, -0.2) is 17.0 Å². The molecule has 0 aromatic heterocycles. The molecule has 0 bridgehead atoms. The predicted octanol–water partition coefficient (Wildman–Crippen LogP) is 3.32. The first-order chi connectivity index (χ1) is 11.1. The zero-order chi connectivity index (χ0) is 16.4. The molecule has 4 atom stereocenters. The van der Waals surface area contributed by atoms with Crippen LogP contribution in [0.2, 0.25) is 0 Å². The largest absolute Gasteiger partial charge is 0.481 e. The molecule has 1 fully saturated rings. The number of fused-ring (bicyclic) bond motifs is 1. The van der Waals surface area contributed by atoms with Crippen molar-refractivity contribution in [3.63, 3.8) is 0 Å². The minimum atomic E-state index is -0.765. The van der Waals surface area contributed by atoms with Crippen molar-refractivity contribution in [2.24, 2.45) is 17.8 Å². The third kappa shape index (κ3) is 3.41. The van der Waals surface area contributed by atoms with Crippen molar-refractivity contribution >= 4 is 11.9 Å². The lowest BCUT2D eigenvalue weighted by Gasteiger charge is -2.34. The Morgan fingerprint density at radius 3 is 2.65 bits per heavy atom. The van der Waals surface area contributed by atoms with Gasteiger partial charge in [0, 0.05) is 5.92 Å². The number of carbonyl (C=O) groups is 2. The van der Waals surface area contributed by atoms with Crippen LogP contribution in [0.4, 0.5) is 0 Å². The third-order valence-electron chi connectivity index (χ3n) is 5.52. The Morgan fingerprint density at radius 1 is 1.13 bits per heavy atom. The second-order valence-corrected chi connectivity index (χ2v) is 7.10. The number of rotatable bonds is 3. The number of benzene rings is 1. The first-order valence-electron chi connectivity index (χ1n) is 8.67. The molecule has 2 aliphatic rings. The molecule has 0 radical (unpaired) electrons. The van der Waals surface area contributed by atoms with Crippen LogP contribution in [-0.2, 0) is 16.0 Å². The maximum Gasteiger partial charge on any atom is 0.306 e. The molecular weight excluding hydrogens is 290 g/mol. The van der Waals surface area contributed by atoms with Gasteiger partial charge < -0.3 is 10.4 Å². The topological polar surface area (TPSA) is 66.4 Å². The Balaban J connectivity index is 1.71. The lowest BCUT2D eigenvalue weighted by atomic mass is 9.78. The van der Waals surface area contributed by atoms with E-state index in [2.05, 4.69) is 24.4 Å². The van der Waals surface area contributed by atoms with Crippen LogP contribution in [0.15, 0.2) is 24.3 Å². The van der Waals surface area contributed by atoms with E-state index in [9.17, 15) is 14.7 Å². The Labute approximate surface area is 137 Å². The molecular formula is C19H25NO3. The zero-order valence-electron chi connectivity index (χ0n) is 13.6. The van der Waals surface area contributed by atoms with Gasteiger partial charge in [-0.05, 0) is 49.1 Å². The first-order valence-corrected chi connectivity index (χ1v) is 8.67. The normalized spacial score (nSPS) is 30.3. The van der Waals surface area contributed by atoms with Gasteiger partial charge in [-0.2, -0.15) is 0 Å². The molecule has 2 N–H and O–H groups in total.